The van der Waals surface area contributed by atoms with Gasteiger partial charge in [0.05, 0.1) is 0 Å². The number of nitrogens with zero attached hydrogens (tertiary/aromatic N) is 1. The third kappa shape index (κ3) is 3.62. The fourth-order valence-electron chi connectivity index (χ4n) is 2.22. The highest BCUT2D eigenvalue weighted by atomic mass is 35.5. The molecule has 102 valence electrons. The normalized spacial score (nSPS) is 12.6. The van der Waals surface area contributed by atoms with E-state index in [9.17, 15) is 0 Å². The summed E-state index contributed by atoms with van der Waals surface area (Å²) in [6.07, 6.45) is 4.29. The van der Waals surface area contributed by atoms with E-state index in [1.54, 1.807) is 0 Å². The zero-order chi connectivity index (χ0) is 13.8. The summed E-state index contributed by atoms with van der Waals surface area (Å²) in [6.45, 7) is 8.16. The summed E-state index contributed by atoms with van der Waals surface area (Å²) in [5, 5.41) is 4.26. The molecule has 2 rings (SSSR count). The molecule has 0 fully saturated rings. The van der Waals surface area contributed by atoms with Gasteiger partial charge in [-0.15, -0.1) is 0 Å². The number of halogens is 1. The molecular formula is C16H21ClN2. The summed E-state index contributed by atoms with van der Waals surface area (Å²) >= 11 is 6.27. The summed E-state index contributed by atoms with van der Waals surface area (Å²) in [5.41, 5.74) is 3.67. The molecule has 1 atom stereocenters. The Labute approximate surface area is 120 Å². The second kappa shape index (κ2) is 6.27. The van der Waals surface area contributed by atoms with Crippen LogP contribution in [0.2, 0.25) is 5.02 Å². The number of aryl methyl sites for hydroxylation is 1. The van der Waals surface area contributed by atoms with Crippen molar-refractivity contribution in [2.24, 2.45) is 0 Å². The molecule has 1 heterocycles. The molecule has 1 unspecified atom stereocenters. The third-order valence-electron chi connectivity index (χ3n) is 3.35. The smallest absolute Gasteiger partial charge is 0.0485 e. The minimum atomic E-state index is 0.389. The summed E-state index contributed by atoms with van der Waals surface area (Å²) in [7, 11) is 0. The summed E-state index contributed by atoms with van der Waals surface area (Å²) in [4.78, 5) is 0. The Bertz CT molecular complexity index is 545. The maximum atomic E-state index is 6.27. The minimum Gasteiger partial charge on any atom is -0.350 e. The number of hydrogen-bond acceptors (Lipinski definition) is 1. The third-order valence-corrected chi connectivity index (χ3v) is 3.70. The highest BCUT2D eigenvalue weighted by molar-refractivity contribution is 6.31. The molecule has 0 radical (unpaired) electrons. The first-order valence-corrected chi connectivity index (χ1v) is 7.12. The molecule has 0 saturated heterocycles. The van der Waals surface area contributed by atoms with Crippen molar-refractivity contribution >= 4 is 11.6 Å². The minimum absolute atomic E-state index is 0.389. The molecule has 0 amide bonds. The molecular weight excluding hydrogens is 256 g/mol. The lowest BCUT2D eigenvalue weighted by Crippen LogP contribution is -2.17. The van der Waals surface area contributed by atoms with E-state index in [1.165, 1.54) is 11.1 Å². The lowest BCUT2D eigenvalue weighted by molar-refractivity contribution is 0.596. The van der Waals surface area contributed by atoms with Gasteiger partial charge in [-0.05, 0) is 49.2 Å². The first-order valence-electron chi connectivity index (χ1n) is 6.74. The molecule has 0 aliphatic heterocycles. The SMILES string of the molecule is CCNC(C)c1ccn(Cc2ccc(C)cc2Cl)c1. The Morgan fingerprint density at radius 3 is 2.79 bits per heavy atom. The van der Waals surface area contributed by atoms with Gasteiger partial charge in [0.2, 0.25) is 0 Å². The van der Waals surface area contributed by atoms with Crippen molar-refractivity contribution in [3.63, 3.8) is 0 Å². The standard InChI is InChI=1S/C16H21ClN2/c1-4-18-13(3)14-7-8-19(10-14)11-15-6-5-12(2)9-16(15)17/h5-10,13,18H,4,11H2,1-3H3. The fourth-order valence-corrected chi connectivity index (χ4v) is 2.51. The van der Waals surface area contributed by atoms with E-state index >= 15 is 0 Å². The van der Waals surface area contributed by atoms with Crippen LogP contribution in [0.15, 0.2) is 36.7 Å². The van der Waals surface area contributed by atoms with Crippen LogP contribution >= 0.6 is 11.6 Å². The van der Waals surface area contributed by atoms with Crippen LogP contribution in [0.3, 0.4) is 0 Å². The van der Waals surface area contributed by atoms with Crippen molar-refractivity contribution < 1.29 is 0 Å². The Hall–Kier alpha value is -1.25. The molecule has 1 N–H and O–H groups in total. The number of nitrogens with one attached hydrogen (secondary N) is 1. The number of hydrogen-bond donors (Lipinski definition) is 1. The molecule has 0 spiro atoms. The van der Waals surface area contributed by atoms with Crippen molar-refractivity contribution in [3.8, 4) is 0 Å². The van der Waals surface area contributed by atoms with Crippen LogP contribution in [-0.2, 0) is 6.54 Å². The highest BCUT2D eigenvalue weighted by Gasteiger charge is 2.06. The van der Waals surface area contributed by atoms with Gasteiger partial charge in [-0.2, -0.15) is 0 Å². The van der Waals surface area contributed by atoms with E-state index in [0.717, 1.165) is 23.7 Å². The van der Waals surface area contributed by atoms with Crippen LogP contribution in [0.5, 0.6) is 0 Å². The quantitative estimate of drug-likeness (QED) is 0.867. The molecule has 2 aromatic rings. The van der Waals surface area contributed by atoms with Crippen LogP contribution in [0.4, 0.5) is 0 Å². The number of rotatable bonds is 5. The zero-order valence-corrected chi connectivity index (χ0v) is 12.5. The van der Waals surface area contributed by atoms with Gasteiger partial charge in [0.1, 0.15) is 0 Å². The molecule has 0 saturated carbocycles. The van der Waals surface area contributed by atoms with E-state index in [2.05, 4.69) is 61.2 Å². The zero-order valence-electron chi connectivity index (χ0n) is 11.8. The van der Waals surface area contributed by atoms with Gasteiger partial charge in [0, 0.05) is 30.0 Å². The lowest BCUT2D eigenvalue weighted by Gasteiger charge is -2.10. The molecule has 2 nitrogen and oxygen atoms in total. The van der Waals surface area contributed by atoms with Crippen LogP contribution in [-0.4, -0.2) is 11.1 Å². The first-order chi connectivity index (χ1) is 9.10. The summed E-state index contributed by atoms with van der Waals surface area (Å²) in [5.74, 6) is 0. The lowest BCUT2D eigenvalue weighted by atomic mass is 10.1. The fraction of sp³-hybridized carbons (Fsp3) is 0.375. The molecule has 1 aromatic carbocycles. The van der Waals surface area contributed by atoms with Crippen LogP contribution in [0.25, 0.3) is 0 Å². The Kier molecular flexibility index (Phi) is 4.67. The Balaban J connectivity index is 2.11. The van der Waals surface area contributed by atoms with E-state index in [0.29, 0.717) is 6.04 Å². The van der Waals surface area contributed by atoms with Crippen molar-refractivity contribution in [1.82, 2.24) is 9.88 Å². The van der Waals surface area contributed by atoms with Crippen molar-refractivity contribution in [2.45, 2.75) is 33.4 Å². The largest absolute Gasteiger partial charge is 0.350 e. The van der Waals surface area contributed by atoms with Gasteiger partial charge in [-0.1, -0.05) is 30.7 Å². The maximum absolute atomic E-state index is 6.27. The van der Waals surface area contributed by atoms with Crippen molar-refractivity contribution in [2.75, 3.05) is 6.54 Å². The molecule has 19 heavy (non-hydrogen) atoms. The Morgan fingerprint density at radius 1 is 1.32 bits per heavy atom. The second-order valence-corrected chi connectivity index (χ2v) is 5.40. The first kappa shape index (κ1) is 14.2. The van der Waals surface area contributed by atoms with E-state index in [1.807, 2.05) is 6.07 Å². The van der Waals surface area contributed by atoms with Gasteiger partial charge in [0.25, 0.3) is 0 Å². The average molecular weight is 277 g/mol. The van der Waals surface area contributed by atoms with Crippen molar-refractivity contribution in [3.05, 3.63) is 58.4 Å². The van der Waals surface area contributed by atoms with Gasteiger partial charge >= 0.3 is 0 Å². The monoisotopic (exact) mass is 276 g/mol. The van der Waals surface area contributed by atoms with Gasteiger partial charge < -0.3 is 9.88 Å². The highest BCUT2D eigenvalue weighted by Crippen LogP contribution is 2.20. The number of aromatic nitrogens is 1. The van der Waals surface area contributed by atoms with E-state index in [-0.39, 0.29) is 0 Å². The molecule has 0 aliphatic rings. The maximum Gasteiger partial charge on any atom is 0.0485 e. The van der Waals surface area contributed by atoms with Gasteiger partial charge in [-0.3, -0.25) is 0 Å². The molecule has 0 aliphatic carbocycles. The summed E-state index contributed by atoms with van der Waals surface area (Å²) in [6, 6.07) is 8.77. The predicted octanol–water partition coefficient (Wildman–Crippen LogP) is 4.17. The van der Waals surface area contributed by atoms with Gasteiger partial charge in [0.15, 0.2) is 0 Å². The van der Waals surface area contributed by atoms with Crippen LogP contribution in [0.1, 0.15) is 36.6 Å². The Morgan fingerprint density at radius 2 is 2.11 bits per heavy atom. The average Bonchev–Trinajstić information content (AvgIpc) is 2.82. The second-order valence-electron chi connectivity index (χ2n) is 4.99. The van der Waals surface area contributed by atoms with E-state index in [4.69, 9.17) is 11.6 Å². The summed E-state index contributed by atoms with van der Waals surface area (Å²) < 4.78 is 2.18. The topological polar surface area (TPSA) is 17.0 Å². The van der Waals surface area contributed by atoms with Crippen LogP contribution < -0.4 is 5.32 Å². The molecule has 3 heteroatoms. The van der Waals surface area contributed by atoms with Crippen LogP contribution in [0, 0.1) is 6.92 Å². The van der Waals surface area contributed by atoms with E-state index < -0.39 is 0 Å². The number of benzene rings is 1. The predicted molar refractivity (Wildman–Crippen MR) is 81.8 cm³/mol. The van der Waals surface area contributed by atoms with Gasteiger partial charge in [-0.25, -0.2) is 0 Å². The van der Waals surface area contributed by atoms with Crippen molar-refractivity contribution in [1.29, 1.82) is 0 Å². The molecule has 0 bridgehead atoms. The molecule has 1 aromatic heterocycles.